The zero-order chi connectivity index (χ0) is 15.7. The van der Waals surface area contributed by atoms with E-state index in [1.165, 1.54) is 18.4 Å². The number of rotatable bonds is 3. The third-order valence-corrected chi connectivity index (χ3v) is 4.93. The minimum Gasteiger partial charge on any atom is -0.339 e. The largest absolute Gasteiger partial charge is 0.339 e. The van der Waals surface area contributed by atoms with Crippen LogP contribution >= 0.6 is 0 Å². The predicted molar refractivity (Wildman–Crippen MR) is 86.6 cm³/mol. The van der Waals surface area contributed by atoms with Gasteiger partial charge in [0.25, 0.3) is 0 Å². The van der Waals surface area contributed by atoms with Gasteiger partial charge < -0.3 is 10.2 Å². The van der Waals surface area contributed by atoms with Crippen LogP contribution < -0.4 is 5.32 Å². The van der Waals surface area contributed by atoms with Crippen molar-refractivity contribution in [1.29, 1.82) is 0 Å². The first-order valence-corrected chi connectivity index (χ1v) is 8.22. The molecule has 4 nitrogen and oxygen atoms in total. The number of nitrogens with zero attached hydrogens (tertiary/aromatic N) is 1. The highest BCUT2D eigenvalue weighted by Crippen LogP contribution is 2.30. The minimum atomic E-state index is -0.214. The Labute approximate surface area is 131 Å². The maximum atomic E-state index is 12.5. The van der Waals surface area contributed by atoms with Gasteiger partial charge in [0, 0.05) is 24.7 Å². The van der Waals surface area contributed by atoms with Gasteiger partial charge in [0.1, 0.15) is 0 Å². The smallest absolute Gasteiger partial charge is 0.229 e. The molecule has 0 spiro atoms. The molecule has 1 aromatic carbocycles. The second-order valence-corrected chi connectivity index (χ2v) is 6.69. The first-order chi connectivity index (χ1) is 10.5. The summed E-state index contributed by atoms with van der Waals surface area (Å²) >= 11 is 0. The molecule has 1 saturated heterocycles. The quantitative estimate of drug-likeness (QED) is 0.933. The van der Waals surface area contributed by atoms with Gasteiger partial charge in [-0.25, -0.2) is 0 Å². The van der Waals surface area contributed by atoms with Gasteiger partial charge in [-0.1, -0.05) is 30.5 Å². The van der Waals surface area contributed by atoms with Gasteiger partial charge in [0.05, 0.1) is 5.92 Å². The van der Waals surface area contributed by atoms with Gasteiger partial charge in [0.15, 0.2) is 0 Å². The van der Waals surface area contributed by atoms with Crippen LogP contribution in [0.5, 0.6) is 0 Å². The van der Waals surface area contributed by atoms with Crippen molar-refractivity contribution in [2.24, 2.45) is 5.92 Å². The predicted octanol–water partition coefficient (Wildman–Crippen LogP) is 3.03. The Balaban J connectivity index is 1.64. The molecule has 1 aliphatic carbocycles. The van der Waals surface area contributed by atoms with E-state index in [1.807, 2.05) is 30.9 Å². The van der Waals surface area contributed by atoms with E-state index in [0.29, 0.717) is 19.0 Å². The SMILES string of the molecule is Cc1ccc(NC(=O)[C@H]2CC(=O)N(C3CCCC3)C2)c(C)c1. The second-order valence-electron chi connectivity index (χ2n) is 6.69. The van der Waals surface area contributed by atoms with Crippen molar-refractivity contribution >= 4 is 17.5 Å². The lowest BCUT2D eigenvalue weighted by Crippen LogP contribution is -2.35. The molecule has 1 aliphatic heterocycles. The van der Waals surface area contributed by atoms with Crippen molar-refractivity contribution in [2.45, 2.75) is 52.0 Å². The number of hydrogen-bond donors (Lipinski definition) is 1. The molecule has 22 heavy (non-hydrogen) atoms. The first kappa shape index (κ1) is 15.1. The highest BCUT2D eigenvalue weighted by Gasteiger charge is 2.38. The Kier molecular flexibility index (Phi) is 4.19. The number of benzene rings is 1. The van der Waals surface area contributed by atoms with Gasteiger partial charge in [0.2, 0.25) is 11.8 Å². The fourth-order valence-corrected chi connectivity index (χ4v) is 3.66. The molecule has 1 aromatic rings. The van der Waals surface area contributed by atoms with E-state index in [4.69, 9.17) is 0 Å². The molecule has 2 amide bonds. The summed E-state index contributed by atoms with van der Waals surface area (Å²) in [5.41, 5.74) is 3.09. The number of amides is 2. The highest BCUT2D eigenvalue weighted by molar-refractivity contribution is 5.97. The van der Waals surface area contributed by atoms with Crippen molar-refractivity contribution in [3.63, 3.8) is 0 Å². The molecule has 3 rings (SSSR count). The first-order valence-electron chi connectivity index (χ1n) is 8.22. The van der Waals surface area contributed by atoms with Crippen molar-refractivity contribution < 1.29 is 9.59 Å². The van der Waals surface area contributed by atoms with Crippen LogP contribution in [0.15, 0.2) is 18.2 Å². The molecule has 1 heterocycles. The van der Waals surface area contributed by atoms with E-state index in [0.717, 1.165) is 24.1 Å². The van der Waals surface area contributed by atoms with Crippen molar-refractivity contribution in [2.75, 3.05) is 11.9 Å². The Hall–Kier alpha value is -1.84. The zero-order valence-corrected chi connectivity index (χ0v) is 13.4. The zero-order valence-electron chi connectivity index (χ0n) is 13.4. The van der Waals surface area contributed by atoms with E-state index >= 15 is 0 Å². The Morgan fingerprint density at radius 2 is 1.95 bits per heavy atom. The van der Waals surface area contributed by atoms with Crippen LogP contribution in [0.25, 0.3) is 0 Å². The van der Waals surface area contributed by atoms with Crippen molar-refractivity contribution in [1.82, 2.24) is 4.90 Å². The number of anilines is 1. The Bertz CT molecular complexity index is 591. The number of aryl methyl sites for hydroxylation is 2. The number of carbonyl (C=O) groups excluding carboxylic acids is 2. The number of carbonyl (C=O) groups is 2. The third-order valence-electron chi connectivity index (χ3n) is 4.93. The standard InChI is InChI=1S/C18H24N2O2/c1-12-7-8-16(13(2)9-12)19-18(22)14-10-17(21)20(11-14)15-5-3-4-6-15/h7-9,14-15H,3-6,10-11H2,1-2H3,(H,19,22)/t14-/m0/s1. The maximum absolute atomic E-state index is 12.5. The Morgan fingerprint density at radius 3 is 2.64 bits per heavy atom. The van der Waals surface area contributed by atoms with E-state index < -0.39 is 0 Å². The van der Waals surface area contributed by atoms with Gasteiger partial charge in [-0.3, -0.25) is 9.59 Å². The van der Waals surface area contributed by atoms with Gasteiger partial charge in [-0.05, 0) is 38.3 Å². The van der Waals surface area contributed by atoms with E-state index in [1.54, 1.807) is 0 Å². The molecule has 2 fully saturated rings. The number of hydrogen-bond acceptors (Lipinski definition) is 2. The molecular formula is C18H24N2O2. The van der Waals surface area contributed by atoms with E-state index in [-0.39, 0.29) is 17.7 Å². The summed E-state index contributed by atoms with van der Waals surface area (Å²) in [6.45, 7) is 4.61. The van der Waals surface area contributed by atoms with Crippen LogP contribution in [-0.2, 0) is 9.59 Å². The molecule has 4 heteroatoms. The van der Waals surface area contributed by atoms with E-state index in [9.17, 15) is 9.59 Å². The molecule has 1 N–H and O–H groups in total. The maximum Gasteiger partial charge on any atom is 0.229 e. The number of likely N-dealkylation sites (tertiary alicyclic amines) is 1. The topological polar surface area (TPSA) is 49.4 Å². The summed E-state index contributed by atoms with van der Waals surface area (Å²) in [5, 5.41) is 2.99. The van der Waals surface area contributed by atoms with Crippen LogP contribution in [0.1, 0.15) is 43.2 Å². The molecule has 0 radical (unpaired) electrons. The summed E-state index contributed by atoms with van der Waals surface area (Å²) in [6, 6.07) is 6.35. The fraction of sp³-hybridized carbons (Fsp3) is 0.556. The van der Waals surface area contributed by atoms with Crippen LogP contribution in [-0.4, -0.2) is 29.3 Å². The summed E-state index contributed by atoms with van der Waals surface area (Å²) in [6.07, 6.45) is 4.95. The van der Waals surface area contributed by atoms with Gasteiger partial charge >= 0.3 is 0 Å². The lowest BCUT2D eigenvalue weighted by atomic mass is 10.1. The Morgan fingerprint density at radius 1 is 1.23 bits per heavy atom. The van der Waals surface area contributed by atoms with Crippen LogP contribution in [0, 0.1) is 19.8 Å². The molecule has 1 saturated carbocycles. The average molecular weight is 300 g/mol. The van der Waals surface area contributed by atoms with Crippen LogP contribution in [0.4, 0.5) is 5.69 Å². The third kappa shape index (κ3) is 3.01. The fourth-order valence-electron chi connectivity index (χ4n) is 3.66. The van der Waals surface area contributed by atoms with Crippen molar-refractivity contribution in [3.05, 3.63) is 29.3 Å². The molecule has 0 aromatic heterocycles. The van der Waals surface area contributed by atoms with E-state index in [2.05, 4.69) is 11.4 Å². The van der Waals surface area contributed by atoms with Crippen LogP contribution in [0.3, 0.4) is 0 Å². The minimum absolute atomic E-state index is 0.0270. The molecule has 0 unspecified atom stereocenters. The van der Waals surface area contributed by atoms with Gasteiger partial charge in [-0.15, -0.1) is 0 Å². The number of nitrogens with one attached hydrogen (secondary N) is 1. The second kappa shape index (κ2) is 6.11. The summed E-state index contributed by atoms with van der Waals surface area (Å²) < 4.78 is 0. The molecular weight excluding hydrogens is 276 g/mol. The van der Waals surface area contributed by atoms with Gasteiger partial charge in [-0.2, -0.15) is 0 Å². The highest BCUT2D eigenvalue weighted by atomic mass is 16.2. The lowest BCUT2D eigenvalue weighted by Gasteiger charge is -2.24. The molecule has 0 bridgehead atoms. The molecule has 118 valence electrons. The lowest BCUT2D eigenvalue weighted by molar-refractivity contribution is -0.129. The average Bonchev–Trinajstić information content (AvgIpc) is 3.10. The summed E-state index contributed by atoms with van der Waals surface area (Å²) in [7, 11) is 0. The molecule has 2 aliphatic rings. The summed E-state index contributed by atoms with van der Waals surface area (Å²) in [4.78, 5) is 26.6. The van der Waals surface area contributed by atoms with Crippen LogP contribution in [0.2, 0.25) is 0 Å². The molecule has 1 atom stereocenters. The monoisotopic (exact) mass is 300 g/mol. The van der Waals surface area contributed by atoms with Crippen molar-refractivity contribution in [3.8, 4) is 0 Å². The normalized spacial score (nSPS) is 22.4. The summed E-state index contributed by atoms with van der Waals surface area (Å²) in [5.74, 6) is -0.0951.